The van der Waals surface area contributed by atoms with Gasteiger partial charge in [-0.1, -0.05) is 42.5 Å². The summed E-state index contributed by atoms with van der Waals surface area (Å²) in [5.74, 6) is 0.0204. The van der Waals surface area contributed by atoms with Crippen molar-refractivity contribution in [2.75, 3.05) is 13.1 Å². The third kappa shape index (κ3) is 4.13. The largest absolute Gasteiger partial charge is 0.444 e. The summed E-state index contributed by atoms with van der Waals surface area (Å²) in [6.45, 7) is 6.83. The molecule has 1 heterocycles. The smallest absolute Gasteiger partial charge is 0.410 e. The maximum atomic E-state index is 12.4. The lowest BCUT2D eigenvalue weighted by Crippen LogP contribution is -2.44. The first-order chi connectivity index (χ1) is 11.8. The van der Waals surface area contributed by atoms with Crippen LogP contribution in [0.1, 0.15) is 45.3 Å². The van der Waals surface area contributed by atoms with Gasteiger partial charge in [-0.15, -0.1) is 0 Å². The maximum absolute atomic E-state index is 12.4. The van der Waals surface area contributed by atoms with Gasteiger partial charge in [0.1, 0.15) is 5.60 Å². The van der Waals surface area contributed by atoms with Crippen LogP contribution in [0.3, 0.4) is 0 Å². The van der Waals surface area contributed by atoms with Gasteiger partial charge in [-0.3, -0.25) is 0 Å². The molecular formula is C21H27NO3. The number of aliphatic hydroxyl groups is 1. The van der Waals surface area contributed by atoms with Crippen molar-refractivity contribution in [3.63, 3.8) is 0 Å². The molecule has 0 spiro atoms. The van der Waals surface area contributed by atoms with Gasteiger partial charge < -0.3 is 14.7 Å². The van der Waals surface area contributed by atoms with Gasteiger partial charge in [-0.05, 0) is 49.9 Å². The number of amides is 1. The molecule has 4 heteroatoms. The fraction of sp³-hybridized carbons (Fsp3) is 0.476. The molecule has 0 saturated carbocycles. The summed E-state index contributed by atoms with van der Waals surface area (Å²) in [6.07, 6.45) is 0.911. The van der Waals surface area contributed by atoms with Crippen LogP contribution in [0.25, 0.3) is 10.8 Å². The van der Waals surface area contributed by atoms with Crippen molar-refractivity contribution in [3.8, 4) is 0 Å². The first-order valence-electron chi connectivity index (χ1n) is 8.99. The summed E-state index contributed by atoms with van der Waals surface area (Å²) < 4.78 is 5.49. The number of hydrogen-bond donors (Lipinski definition) is 1. The number of piperidine rings is 1. The molecule has 134 valence electrons. The molecule has 1 amide bonds. The minimum Gasteiger partial charge on any atom is -0.444 e. The van der Waals surface area contributed by atoms with Crippen molar-refractivity contribution >= 4 is 16.9 Å². The molecule has 2 aromatic carbocycles. The zero-order valence-corrected chi connectivity index (χ0v) is 15.2. The fourth-order valence-corrected chi connectivity index (χ4v) is 3.52. The van der Waals surface area contributed by atoms with Crippen molar-refractivity contribution in [1.29, 1.82) is 0 Å². The number of nitrogens with zero attached hydrogens (tertiary/aromatic N) is 1. The van der Waals surface area contributed by atoms with Crippen LogP contribution in [-0.2, 0) is 4.74 Å². The van der Waals surface area contributed by atoms with Crippen LogP contribution in [-0.4, -0.2) is 34.8 Å². The number of likely N-dealkylation sites (tertiary alicyclic amines) is 1. The first kappa shape index (κ1) is 17.7. The van der Waals surface area contributed by atoms with Gasteiger partial charge in [0, 0.05) is 19.0 Å². The Labute approximate surface area is 149 Å². The molecule has 1 aliphatic heterocycles. The normalized spacial score (nSPS) is 19.7. The Kier molecular flexibility index (Phi) is 5.00. The molecule has 1 fully saturated rings. The van der Waals surface area contributed by atoms with E-state index in [2.05, 4.69) is 12.1 Å². The molecule has 2 aromatic rings. The average Bonchev–Trinajstić information content (AvgIpc) is 2.59. The molecule has 0 aliphatic carbocycles. The van der Waals surface area contributed by atoms with Crippen molar-refractivity contribution < 1.29 is 14.6 Å². The average molecular weight is 341 g/mol. The monoisotopic (exact) mass is 341 g/mol. The van der Waals surface area contributed by atoms with E-state index in [-0.39, 0.29) is 12.0 Å². The number of carbonyl (C=O) groups excluding carboxylic acids is 1. The second-order valence-electron chi connectivity index (χ2n) is 7.84. The SMILES string of the molecule is CC(C)(C)OC(=O)N1CCC[C@@H]([C@H](O)c2cccc3ccccc23)C1. The zero-order valence-electron chi connectivity index (χ0n) is 15.2. The van der Waals surface area contributed by atoms with Crippen molar-refractivity contribution in [2.24, 2.45) is 5.92 Å². The summed E-state index contributed by atoms with van der Waals surface area (Å²) in [7, 11) is 0. The lowest BCUT2D eigenvalue weighted by molar-refractivity contribution is 0.00261. The highest BCUT2D eigenvalue weighted by Gasteiger charge is 2.32. The molecule has 2 atom stereocenters. The van der Waals surface area contributed by atoms with Crippen molar-refractivity contribution in [1.82, 2.24) is 4.90 Å². The number of fused-ring (bicyclic) bond motifs is 1. The molecule has 1 saturated heterocycles. The van der Waals surface area contributed by atoms with Crippen molar-refractivity contribution in [3.05, 3.63) is 48.0 Å². The molecule has 0 unspecified atom stereocenters. The number of rotatable bonds is 2. The van der Waals surface area contributed by atoms with Crippen LogP contribution in [0, 0.1) is 5.92 Å². The van der Waals surface area contributed by atoms with Crippen molar-refractivity contribution in [2.45, 2.75) is 45.3 Å². The van der Waals surface area contributed by atoms with Crippen LogP contribution in [0.15, 0.2) is 42.5 Å². The van der Waals surface area contributed by atoms with E-state index in [0.29, 0.717) is 13.1 Å². The predicted octanol–water partition coefficient (Wildman–Crippen LogP) is 4.52. The van der Waals surface area contributed by atoms with E-state index >= 15 is 0 Å². The summed E-state index contributed by atoms with van der Waals surface area (Å²) in [5.41, 5.74) is 0.437. The quantitative estimate of drug-likeness (QED) is 0.874. The highest BCUT2D eigenvalue weighted by Crippen LogP contribution is 2.34. The maximum Gasteiger partial charge on any atom is 0.410 e. The van der Waals surface area contributed by atoms with Gasteiger partial charge in [0.25, 0.3) is 0 Å². The van der Waals surface area contributed by atoms with Crippen LogP contribution in [0.4, 0.5) is 4.79 Å². The van der Waals surface area contributed by atoms with Gasteiger partial charge in [-0.2, -0.15) is 0 Å². The Morgan fingerprint density at radius 1 is 1.20 bits per heavy atom. The second-order valence-corrected chi connectivity index (χ2v) is 7.84. The highest BCUT2D eigenvalue weighted by molar-refractivity contribution is 5.86. The summed E-state index contributed by atoms with van der Waals surface area (Å²) in [5, 5.41) is 13.2. The Morgan fingerprint density at radius 3 is 2.68 bits per heavy atom. The summed E-state index contributed by atoms with van der Waals surface area (Å²) in [6, 6.07) is 14.1. The van der Waals surface area contributed by atoms with Crippen LogP contribution < -0.4 is 0 Å². The van der Waals surface area contributed by atoms with E-state index in [1.54, 1.807) is 4.90 Å². The molecular weight excluding hydrogens is 314 g/mol. The lowest BCUT2D eigenvalue weighted by atomic mass is 9.86. The van der Waals surface area contributed by atoms with E-state index in [1.165, 1.54) is 0 Å². The Morgan fingerprint density at radius 2 is 1.92 bits per heavy atom. The van der Waals surface area contributed by atoms with Gasteiger partial charge >= 0.3 is 6.09 Å². The van der Waals surface area contributed by atoms with Crippen LogP contribution in [0.2, 0.25) is 0 Å². The first-order valence-corrected chi connectivity index (χ1v) is 8.99. The lowest BCUT2D eigenvalue weighted by Gasteiger charge is -2.36. The molecule has 25 heavy (non-hydrogen) atoms. The zero-order chi connectivity index (χ0) is 18.0. The topological polar surface area (TPSA) is 49.8 Å². The van der Waals surface area contributed by atoms with E-state index in [4.69, 9.17) is 4.74 Å². The molecule has 1 N–H and O–H groups in total. The van der Waals surface area contributed by atoms with Gasteiger partial charge in [0.05, 0.1) is 6.10 Å². The molecule has 1 aliphatic rings. The van der Waals surface area contributed by atoms with E-state index in [0.717, 1.165) is 29.2 Å². The minimum absolute atomic E-state index is 0.0204. The van der Waals surface area contributed by atoms with Crippen LogP contribution >= 0.6 is 0 Å². The van der Waals surface area contributed by atoms with Gasteiger partial charge in [-0.25, -0.2) is 4.79 Å². The molecule has 3 rings (SSSR count). The van der Waals surface area contributed by atoms with E-state index in [9.17, 15) is 9.90 Å². The minimum atomic E-state index is -0.587. The standard InChI is InChI=1S/C21H27NO3/c1-21(2,3)25-20(24)22-13-7-10-16(14-22)19(23)18-12-6-9-15-8-4-5-11-17(15)18/h4-6,8-9,11-12,16,19,23H,7,10,13-14H2,1-3H3/t16-,19+/m1/s1. The number of benzene rings is 2. The molecule has 0 bridgehead atoms. The second kappa shape index (κ2) is 7.04. The molecule has 4 nitrogen and oxygen atoms in total. The van der Waals surface area contributed by atoms with E-state index < -0.39 is 11.7 Å². The van der Waals surface area contributed by atoms with E-state index in [1.807, 2.05) is 51.1 Å². The van der Waals surface area contributed by atoms with Crippen LogP contribution in [0.5, 0.6) is 0 Å². The molecule has 0 radical (unpaired) electrons. The fourth-order valence-electron chi connectivity index (χ4n) is 3.52. The number of ether oxygens (including phenoxy) is 1. The molecule has 0 aromatic heterocycles. The summed E-state index contributed by atoms with van der Waals surface area (Å²) in [4.78, 5) is 14.1. The Bertz CT molecular complexity index is 745. The summed E-state index contributed by atoms with van der Waals surface area (Å²) >= 11 is 0. The third-order valence-corrected chi connectivity index (χ3v) is 4.70. The van der Waals surface area contributed by atoms with Gasteiger partial charge in [0.2, 0.25) is 0 Å². The van der Waals surface area contributed by atoms with Gasteiger partial charge in [0.15, 0.2) is 0 Å². The third-order valence-electron chi connectivity index (χ3n) is 4.70. The Balaban J connectivity index is 1.78. The number of hydrogen-bond acceptors (Lipinski definition) is 3. The Hall–Kier alpha value is -2.07. The number of aliphatic hydroxyl groups excluding tert-OH is 1. The predicted molar refractivity (Wildman–Crippen MR) is 99.4 cm³/mol. The number of carbonyl (C=O) groups is 1. The highest BCUT2D eigenvalue weighted by atomic mass is 16.6.